The Morgan fingerprint density at radius 2 is 1.95 bits per heavy atom. The molecule has 1 heterocycles. The maximum atomic E-state index is 12.7. The van der Waals surface area contributed by atoms with Crippen LogP contribution in [0.15, 0.2) is 28.7 Å². The minimum absolute atomic E-state index is 0.0295. The number of carboxylic acid groups (broad SMARTS) is 1. The first kappa shape index (κ1) is 14.9. The van der Waals surface area contributed by atoms with Crippen molar-refractivity contribution in [3.63, 3.8) is 0 Å². The van der Waals surface area contributed by atoms with E-state index >= 15 is 0 Å². The van der Waals surface area contributed by atoms with E-state index in [9.17, 15) is 18.0 Å². The summed E-state index contributed by atoms with van der Waals surface area (Å²) >= 11 is 3.99. The molecule has 0 aliphatic heterocycles. The molecule has 20 heavy (non-hydrogen) atoms. The summed E-state index contributed by atoms with van der Waals surface area (Å²) in [5.41, 5.74) is 5.02. The van der Waals surface area contributed by atoms with E-state index in [1.807, 2.05) is 0 Å². The number of halogens is 4. The monoisotopic (exact) mass is 365 g/mol. The zero-order chi connectivity index (χ0) is 15.1. The maximum absolute atomic E-state index is 12.7. The molecule has 106 valence electrons. The van der Waals surface area contributed by atoms with E-state index in [-0.39, 0.29) is 16.1 Å². The summed E-state index contributed by atoms with van der Waals surface area (Å²) < 4.78 is 38.5. The van der Waals surface area contributed by atoms with Crippen LogP contribution in [0.1, 0.15) is 15.2 Å². The molecule has 0 saturated carbocycles. The summed E-state index contributed by atoms with van der Waals surface area (Å²) in [4.78, 5) is 11.2. The summed E-state index contributed by atoms with van der Waals surface area (Å²) in [5, 5.41) is 8.92. The van der Waals surface area contributed by atoms with Gasteiger partial charge in [-0.15, -0.1) is 11.3 Å². The standard InChI is InChI=1S/C12H7BrF3NO2S/c13-7-2-1-5(12(14,15)16)3-6(7)9-4-8(17)10(20-9)11(18)19/h1-4H,17H2,(H,18,19). The van der Waals surface area contributed by atoms with E-state index in [1.165, 1.54) is 12.1 Å². The Hall–Kier alpha value is -1.54. The summed E-state index contributed by atoms with van der Waals surface area (Å²) in [7, 11) is 0. The van der Waals surface area contributed by atoms with Gasteiger partial charge in [0.15, 0.2) is 0 Å². The van der Waals surface area contributed by atoms with Gasteiger partial charge in [-0.05, 0) is 24.3 Å². The minimum Gasteiger partial charge on any atom is -0.477 e. The Bertz CT molecular complexity index is 682. The predicted molar refractivity (Wildman–Crippen MR) is 73.8 cm³/mol. The molecular formula is C12H7BrF3NO2S. The lowest BCUT2D eigenvalue weighted by Gasteiger charge is -2.09. The lowest BCUT2D eigenvalue weighted by molar-refractivity contribution is -0.137. The molecule has 0 atom stereocenters. The van der Waals surface area contributed by atoms with Crippen LogP contribution in [-0.2, 0) is 6.18 Å². The molecule has 0 fully saturated rings. The number of aromatic carboxylic acids is 1. The molecule has 0 saturated heterocycles. The number of benzene rings is 1. The van der Waals surface area contributed by atoms with E-state index in [1.54, 1.807) is 0 Å². The fraction of sp³-hybridized carbons (Fsp3) is 0.0833. The van der Waals surface area contributed by atoms with E-state index in [4.69, 9.17) is 10.8 Å². The summed E-state index contributed by atoms with van der Waals surface area (Å²) in [5.74, 6) is -1.21. The number of rotatable bonds is 2. The Morgan fingerprint density at radius 3 is 2.45 bits per heavy atom. The van der Waals surface area contributed by atoms with Gasteiger partial charge in [0.1, 0.15) is 4.88 Å². The Morgan fingerprint density at radius 1 is 1.30 bits per heavy atom. The molecule has 8 heteroatoms. The van der Waals surface area contributed by atoms with Crippen molar-refractivity contribution in [2.75, 3.05) is 5.73 Å². The highest BCUT2D eigenvalue weighted by Gasteiger charge is 2.31. The second-order valence-electron chi connectivity index (χ2n) is 3.89. The van der Waals surface area contributed by atoms with Gasteiger partial charge in [-0.2, -0.15) is 13.2 Å². The second-order valence-corrected chi connectivity index (χ2v) is 5.80. The minimum atomic E-state index is -4.46. The average molecular weight is 366 g/mol. The van der Waals surface area contributed by atoms with Crippen LogP contribution in [0.2, 0.25) is 0 Å². The number of carbonyl (C=O) groups is 1. The highest BCUT2D eigenvalue weighted by Crippen LogP contribution is 2.40. The average Bonchev–Trinajstić information content (AvgIpc) is 2.70. The first-order valence-corrected chi connectivity index (χ1v) is 6.81. The number of nitrogen functional groups attached to an aromatic ring is 1. The SMILES string of the molecule is Nc1cc(-c2cc(C(F)(F)F)ccc2Br)sc1C(=O)O. The van der Waals surface area contributed by atoms with E-state index < -0.39 is 17.7 Å². The number of alkyl halides is 3. The van der Waals surface area contributed by atoms with Crippen molar-refractivity contribution < 1.29 is 23.1 Å². The van der Waals surface area contributed by atoms with Gasteiger partial charge in [0, 0.05) is 14.9 Å². The van der Waals surface area contributed by atoms with Gasteiger partial charge in [0.25, 0.3) is 0 Å². The zero-order valence-electron chi connectivity index (χ0n) is 9.66. The van der Waals surface area contributed by atoms with Crippen molar-refractivity contribution in [2.24, 2.45) is 0 Å². The van der Waals surface area contributed by atoms with Gasteiger partial charge < -0.3 is 10.8 Å². The van der Waals surface area contributed by atoms with Crippen LogP contribution in [0, 0.1) is 0 Å². The van der Waals surface area contributed by atoms with Gasteiger partial charge in [0.05, 0.1) is 11.3 Å². The van der Waals surface area contributed by atoms with Crippen molar-refractivity contribution in [3.05, 3.63) is 39.2 Å². The molecule has 1 aromatic heterocycles. The third kappa shape index (κ3) is 2.80. The molecule has 0 amide bonds. The highest BCUT2D eigenvalue weighted by atomic mass is 79.9. The Kier molecular flexibility index (Phi) is 3.79. The highest BCUT2D eigenvalue weighted by molar-refractivity contribution is 9.10. The normalized spacial score (nSPS) is 11.6. The van der Waals surface area contributed by atoms with Crippen LogP contribution in [0.4, 0.5) is 18.9 Å². The molecule has 3 N–H and O–H groups in total. The van der Waals surface area contributed by atoms with Crippen molar-refractivity contribution in [1.29, 1.82) is 0 Å². The van der Waals surface area contributed by atoms with Crippen LogP contribution in [0.3, 0.4) is 0 Å². The molecule has 2 rings (SSSR count). The lowest BCUT2D eigenvalue weighted by Crippen LogP contribution is -2.04. The largest absolute Gasteiger partial charge is 0.477 e. The van der Waals surface area contributed by atoms with Gasteiger partial charge in [-0.25, -0.2) is 4.79 Å². The molecule has 0 spiro atoms. The topological polar surface area (TPSA) is 63.3 Å². The quantitative estimate of drug-likeness (QED) is 0.824. The number of carboxylic acids is 1. The summed E-state index contributed by atoms with van der Waals surface area (Å²) in [6.07, 6.45) is -4.46. The van der Waals surface area contributed by atoms with Crippen LogP contribution in [0.5, 0.6) is 0 Å². The smallest absolute Gasteiger partial charge is 0.416 e. The Balaban J connectivity index is 2.57. The Labute approximate surface area is 124 Å². The fourth-order valence-corrected chi connectivity index (χ4v) is 3.14. The molecule has 0 aliphatic rings. The van der Waals surface area contributed by atoms with E-state index in [0.717, 1.165) is 23.5 Å². The number of nitrogens with two attached hydrogens (primary N) is 1. The molecular weight excluding hydrogens is 359 g/mol. The van der Waals surface area contributed by atoms with Gasteiger partial charge in [-0.3, -0.25) is 0 Å². The molecule has 0 unspecified atom stereocenters. The van der Waals surface area contributed by atoms with E-state index in [2.05, 4.69) is 15.9 Å². The fourth-order valence-electron chi connectivity index (χ4n) is 1.60. The number of hydrogen-bond donors (Lipinski definition) is 2. The van der Waals surface area contributed by atoms with E-state index in [0.29, 0.717) is 9.35 Å². The predicted octanol–water partition coefficient (Wildman–Crippen LogP) is 4.48. The van der Waals surface area contributed by atoms with Gasteiger partial charge >= 0.3 is 12.1 Å². The first-order valence-electron chi connectivity index (χ1n) is 5.20. The second kappa shape index (κ2) is 5.10. The first-order chi connectivity index (χ1) is 9.20. The van der Waals surface area contributed by atoms with Crippen LogP contribution >= 0.6 is 27.3 Å². The molecule has 0 bridgehead atoms. The van der Waals surface area contributed by atoms with Crippen LogP contribution < -0.4 is 5.73 Å². The van der Waals surface area contributed by atoms with Gasteiger partial charge in [0.2, 0.25) is 0 Å². The molecule has 3 nitrogen and oxygen atoms in total. The van der Waals surface area contributed by atoms with Crippen LogP contribution in [-0.4, -0.2) is 11.1 Å². The summed E-state index contributed by atoms with van der Waals surface area (Å²) in [6, 6.07) is 4.53. The molecule has 0 aliphatic carbocycles. The number of hydrogen-bond acceptors (Lipinski definition) is 3. The molecule has 0 radical (unpaired) electrons. The third-order valence-electron chi connectivity index (χ3n) is 2.51. The number of thiophene rings is 1. The lowest BCUT2D eigenvalue weighted by atomic mass is 10.1. The summed E-state index contributed by atoms with van der Waals surface area (Å²) in [6.45, 7) is 0. The molecule has 2 aromatic rings. The van der Waals surface area contributed by atoms with Crippen molar-refractivity contribution >= 4 is 38.9 Å². The number of anilines is 1. The van der Waals surface area contributed by atoms with Crippen molar-refractivity contribution in [1.82, 2.24) is 0 Å². The zero-order valence-corrected chi connectivity index (χ0v) is 12.1. The maximum Gasteiger partial charge on any atom is 0.416 e. The van der Waals surface area contributed by atoms with Crippen LogP contribution in [0.25, 0.3) is 10.4 Å². The van der Waals surface area contributed by atoms with Gasteiger partial charge in [-0.1, -0.05) is 15.9 Å². The van der Waals surface area contributed by atoms with Crippen molar-refractivity contribution in [3.8, 4) is 10.4 Å². The van der Waals surface area contributed by atoms with Crippen molar-refractivity contribution in [2.45, 2.75) is 6.18 Å². The third-order valence-corrected chi connectivity index (χ3v) is 4.38. The molecule has 1 aromatic carbocycles.